The van der Waals surface area contributed by atoms with Crippen LogP contribution in [0.4, 0.5) is 0 Å². The maximum atomic E-state index is 8.84. The van der Waals surface area contributed by atoms with Crippen molar-refractivity contribution in [2.45, 2.75) is 12.2 Å². The lowest BCUT2D eigenvalue weighted by Gasteiger charge is -2.07. The average Bonchev–Trinajstić information content (AvgIpc) is 2.40. The molecule has 0 N–H and O–H groups in total. The highest BCUT2D eigenvalue weighted by Crippen LogP contribution is 2.25. The van der Waals surface area contributed by atoms with Gasteiger partial charge < -0.3 is 0 Å². The molecule has 62 valence electrons. The first-order chi connectivity index (χ1) is 5.83. The van der Waals surface area contributed by atoms with Gasteiger partial charge in [0.05, 0.1) is 5.69 Å². The Morgan fingerprint density at radius 3 is 3.25 bits per heavy atom. The van der Waals surface area contributed by atoms with Crippen LogP contribution >= 0.6 is 11.8 Å². The Bertz CT molecular complexity index is 348. The van der Waals surface area contributed by atoms with Crippen molar-refractivity contribution >= 4 is 11.8 Å². The van der Waals surface area contributed by atoms with Crippen LogP contribution in [0, 0.1) is 11.3 Å². The molecule has 0 aromatic carbocycles. The summed E-state index contributed by atoms with van der Waals surface area (Å²) in [5.41, 5.74) is 3.00. The summed E-state index contributed by atoms with van der Waals surface area (Å²) in [6, 6.07) is 2.19. The zero-order valence-electron chi connectivity index (χ0n) is 6.87. The van der Waals surface area contributed by atoms with E-state index in [-0.39, 0.29) is 0 Å². The monoisotopic (exact) mass is 179 g/mol. The number of rotatable bonds is 0. The van der Waals surface area contributed by atoms with Crippen molar-refractivity contribution in [2.24, 2.45) is 7.05 Å². The number of hydrogen-bond donors (Lipinski definition) is 0. The molecule has 0 fully saturated rings. The van der Waals surface area contributed by atoms with Gasteiger partial charge in [0.25, 0.3) is 0 Å². The second-order valence-electron chi connectivity index (χ2n) is 2.81. The highest BCUT2D eigenvalue weighted by molar-refractivity contribution is 7.98. The molecule has 1 aromatic rings. The van der Waals surface area contributed by atoms with Crippen LogP contribution in [-0.2, 0) is 19.2 Å². The molecule has 12 heavy (non-hydrogen) atoms. The fraction of sp³-hybridized carbons (Fsp3) is 0.500. The molecule has 3 nitrogen and oxygen atoms in total. The maximum Gasteiger partial charge on any atom is 0.142 e. The summed E-state index contributed by atoms with van der Waals surface area (Å²) in [4.78, 5) is 0. The van der Waals surface area contributed by atoms with Crippen molar-refractivity contribution in [3.8, 4) is 6.07 Å². The van der Waals surface area contributed by atoms with Crippen LogP contribution in [0.15, 0.2) is 0 Å². The van der Waals surface area contributed by atoms with Crippen LogP contribution in [0.1, 0.15) is 17.0 Å². The third kappa shape index (κ3) is 1.01. The number of aromatic nitrogens is 2. The van der Waals surface area contributed by atoms with E-state index in [0.29, 0.717) is 0 Å². The standard InChI is InChI=1S/C8H9N3S/c1-11-8(4-9)6-5-12-3-2-7(6)10-11/h2-3,5H2,1H3. The van der Waals surface area contributed by atoms with E-state index >= 15 is 0 Å². The van der Waals surface area contributed by atoms with Gasteiger partial charge in [0.1, 0.15) is 11.8 Å². The Morgan fingerprint density at radius 1 is 1.67 bits per heavy atom. The smallest absolute Gasteiger partial charge is 0.142 e. The molecule has 0 unspecified atom stereocenters. The molecule has 0 radical (unpaired) electrons. The third-order valence-corrected chi connectivity index (χ3v) is 3.05. The topological polar surface area (TPSA) is 41.6 Å². The summed E-state index contributed by atoms with van der Waals surface area (Å²) >= 11 is 1.88. The molecule has 0 spiro atoms. The number of hydrogen-bond acceptors (Lipinski definition) is 3. The van der Waals surface area contributed by atoms with Crippen molar-refractivity contribution in [1.82, 2.24) is 9.78 Å². The number of thioether (sulfide) groups is 1. The Kier molecular flexibility index (Phi) is 1.81. The normalized spacial score (nSPS) is 15.3. The minimum absolute atomic E-state index is 0.734. The van der Waals surface area contributed by atoms with Crippen LogP contribution in [0.5, 0.6) is 0 Å². The van der Waals surface area contributed by atoms with Crippen molar-refractivity contribution < 1.29 is 0 Å². The molecule has 1 aromatic heterocycles. The summed E-state index contributed by atoms with van der Waals surface area (Å²) in [5, 5.41) is 13.1. The summed E-state index contributed by atoms with van der Waals surface area (Å²) in [5.74, 6) is 2.08. The fourth-order valence-electron chi connectivity index (χ4n) is 1.46. The predicted octanol–water partition coefficient (Wildman–Crippen LogP) is 1.08. The number of nitriles is 1. The predicted molar refractivity (Wildman–Crippen MR) is 47.8 cm³/mol. The van der Waals surface area contributed by atoms with E-state index in [1.54, 1.807) is 4.68 Å². The second kappa shape index (κ2) is 2.83. The molecule has 1 aliphatic rings. The van der Waals surface area contributed by atoms with Gasteiger partial charge in [0.2, 0.25) is 0 Å². The summed E-state index contributed by atoms with van der Waals surface area (Å²) in [6.07, 6.45) is 1.01. The van der Waals surface area contributed by atoms with E-state index in [0.717, 1.165) is 34.9 Å². The molecule has 1 aliphatic heterocycles. The van der Waals surface area contributed by atoms with E-state index in [4.69, 9.17) is 5.26 Å². The van der Waals surface area contributed by atoms with Gasteiger partial charge in [-0.05, 0) is 5.75 Å². The van der Waals surface area contributed by atoms with Gasteiger partial charge in [-0.15, -0.1) is 0 Å². The SMILES string of the molecule is Cn1nc2c(c1C#N)CSCC2. The molecule has 0 aliphatic carbocycles. The minimum atomic E-state index is 0.734. The van der Waals surface area contributed by atoms with Crippen LogP contribution in [0.2, 0.25) is 0 Å². The quantitative estimate of drug-likeness (QED) is 0.598. The fourth-order valence-corrected chi connectivity index (χ4v) is 2.45. The van der Waals surface area contributed by atoms with Gasteiger partial charge in [-0.3, -0.25) is 4.68 Å². The van der Waals surface area contributed by atoms with E-state index in [1.807, 2.05) is 18.8 Å². The molecular weight excluding hydrogens is 170 g/mol. The molecule has 2 heterocycles. The Hall–Kier alpha value is -0.950. The molecule has 0 amide bonds. The highest BCUT2D eigenvalue weighted by atomic mass is 32.2. The summed E-state index contributed by atoms with van der Waals surface area (Å²) < 4.78 is 1.69. The Morgan fingerprint density at radius 2 is 2.50 bits per heavy atom. The number of fused-ring (bicyclic) bond motifs is 1. The van der Waals surface area contributed by atoms with Crippen molar-refractivity contribution in [1.29, 1.82) is 5.26 Å². The maximum absolute atomic E-state index is 8.84. The summed E-state index contributed by atoms with van der Waals surface area (Å²) in [7, 11) is 1.83. The van der Waals surface area contributed by atoms with Crippen molar-refractivity contribution in [3.05, 3.63) is 17.0 Å². The Labute approximate surface area is 75.4 Å². The first-order valence-corrected chi connectivity index (χ1v) is 5.01. The molecular formula is C8H9N3S. The highest BCUT2D eigenvalue weighted by Gasteiger charge is 2.18. The van der Waals surface area contributed by atoms with E-state index in [9.17, 15) is 0 Å². The van der Waals surface area contributed by atoms with Gasteiger partial charge in [-0.25, -0.2) is 0 Å². The van der Waals surface area contributed by atoms with E-state index < -0.39 is 0 Å². The van der Waals surface area contributed by atoms with E-state index in [2.05, 4.69) is 11.2 Å². The lowest BCUT2D eigenvalue weighted by Crippen LogP contribution is -2.00. The number of aryl methyl sites for hydroxylation is 2. The largest absolute Gasteiger partial charge is 0.257 e. The van der Waals surface area contributed by atoms with Gasteiger partial charge in [0.15, 0.2) is 0 Å². The average molecular weight is 179 g/mol. The van der Waals surface area contributed by atoms with Gasteiger partial charge >= 0.3 is 0 Å². The third-order valence-electron chi connectivity index (χ3n) is 2.06. The first kappa shape index (κ1) is 7.69. The van der Waals surface area contributed by atoms with Gasteiger partial charge in [-0.2, -0.15) is 22.1 Å². The zero-order chi connectivity index (χ0) is 8.55. The van der Waals surface area contributed by atoms with Gasteiger partial charge in [-0.1, -0.05) is 0 Å². The molecule has 0 saturated heterocycles. The minimum Gasteiger partial charge on any atom is -0.257 e. The van der Waals surface area contributed by atoms with Crippen LogP contribution in [-0.4, -0.2) is 15.5 Å². The van der Waals surface area contributed by atoms with Gasteiger partial charge in [0, 0.05) is 24.8 Å². The molecule has 0 saturated carbocycles. The van der Waals surface area contributed by atoms with Crippen LogP contribution in [0.25, 0.3) is 0 Å². The summed E-state index contributed by atoms with van der Waals surface area (Å²) in [6.45, 7) is 0. The van der Waals surface area contributed by atoms with Crippen molar-refractivity contribution in [3.63, 3.8) is 0 Å². The van der Waals surface area contributed by atoms with Crippen LogP contribution < -0.4 is 0 Å². The van der Waals surface area contributed by atoms with Crippen molar-refractivity contribution in [2.75, 3.05) is 5.75 Å². The molecule has 0 bridgehead atoms. The first-order valence-electron chi connectivity index (χ1n) is 3.85. The lowest BCUT2D eigenvalue weighted by molar-refractivity contribution is 0.737. The van der Waals surface area contributed by atoms with E-state index in [1.165, 1.54) is 0 Å². The number of nitrogens with zero attached hydrogens (tertiary/aromatic N) is 3. The molecule has 0 atom stereocenters. The molecule has 4 heteroatoms. The second-order valence-corrected chi connectivity index (χ2v) is 3.92. The Balaban J connectivity index is 2.56. The van der Waals surface area contributed by atoms with Crippen LogP contribution in [0.3, 0.4) is 0 Å². The zero-order valence-corrected chi connectivity index (χ0v) is 7.69. The molecule has 2 rings (SSSR count). The lowest BCUT2D eigenvalue weighted by atomic mass is 10.2.